The molecule has 0 atom stereocenters. The van der Waals surface area contributed by atoms with Gasteiger partial charge in [-0.25, -0.2) is 0 Å². The molecule has 0 unspecified atom stereocenters. The molecule has 0 aliphatic rings. The van der Waals surface area contributed by atoms with Crippen LogP contribution in [-0.4, -0.2) is 11.5 Å². The zero-order valence-corrected chi connectivity index (χ0v) is 9.44. The SMILES string of the molecule is CCCSP(=O)([O-])SCCC. The van der Waals surface area contributed by atoms with E-state index in [0.29, 0.717) is 0 Å². The van der Waals surface area contributed by atoms with E-state index < -0.39 is 5.77 Å². The zero-order valence-electron chi connectivity index (χ0n) is 6.91. The molecular formula is C6H14O2PS2-. The van der Waals surface area contributed by atoms with Crippen molar-refractivity contribution in [2.75, 3.05) is 11.5 Å². The summed E-state index contributed by atoms with van der Waals surface area (Å²) in [4.78, 5) is 11.1. The Hall–Kier alpha value is 0.890. The summed E-state index contributed by atoms with van der Waals surface area (Å²) in [6.07, 6.45) is 1.84. The van der Waals surface area contributed by atoms with Crippen LogP contribution in [0.15, 0.2) is 0 Å². The summed E-state index contributed by atoms with van der Waals surface area (Å²) in [6, 6.07) is 0. The summed E-state index contributed by atoms with van der Waals surface area (Å²) in [5.41, 5.74) is 0. The van der Waals surface area contributed by atoms with Gasteiger partial charge in [0.25, 0.3) is 0 Å². The lowest BCUT2D eigenvalue weighted by Crippen LogP contribution is -1.94. The van der Waals surface area contributed by atoms with E-state index in [1.807, 2.05) is 13.8 Å². The second-order valence-corrected chi connectivity index (χ2v) is 9.47. The molecule has 0 fully saturated rings. The molecule has 0 aromatic carbocycles. The average molecular weight is 213 g/mol. The Morgan fingerprint density at radius 1 is 1.18 bits per heavy atom. The first-order valence-corrected chi connectivity index (χ1v) is 8.53. The molecule has 0 aliphatic heterocycles. The Bertz CT molecular complexity index is 129. The monoisotopic (exact) mass is 213 g/mol. The molecule has 0 aliphatic carbocycles. The van der Waals surface area contributed by atoms with Crippen molar-refractivity contribution in [2.24, 2.45) is 0 Å². The lowest BCUT2D eigenvalue weighted by atomic mass is 10.6. The Morgan fingerprint density at radius 3 is 1.82 bits per heavy atom. The van der Waals surface area contributed by atoms with Gasteiger partial charge in [0.1, 0.15) is 5.77 Å². The normalized spacial score (nSPS) is 11.9. The lowest BCUT2D eigenvalue weighted by molar-refractivity contribution is -0.160. The fourth-order valence-electron chi connectivity index (χ4n) is 0.443. The maximum absolute atomic E-state index is 11.1. The first-order chi connectivity index (χ1) is 5.12. The largest absolute Gasteiger partial charge is 0.784 e. The third-order valence-electron chi connectivity index (χ3n) is 0.907. The fourth-order valence-corrected chi connectivity index (χ4v) is 6.00. The Morgan fingerprint density at radius 2 is 1.55 bits per heavy atom. The molecule has 0 radical (unpaired) electrons. The summed E-state index contributed by atoms with van der Waals surface area (Å²) in [7, 11) is 0. The Kier molecular flexibility index (Phi) is 6.93. The lowest BCUT2D eigenvalue weighted by Gasteiger charge is -2.20. The smallest absolute Gasteiger partial charge is 0.123 e. The maximum Gasteiger partial charge on any atom is 0.123 e. The summed E-state index contributed by atoms with van der Waals surface area (Å²) in [6.45, 7) is 3.97. The van der Waals surface area contributed by atoms with E-state index in [2.05, 4.69) is 0 Å². The standard InChI is InChI=1S/C6H15O2PS2/c1-3-5-10-9(7,8)11-6-4-2/h3-6H2,1-2H3,(H,7,8)/p-1. The van der Waals surface area contributed by atoms with E-state index in [9.17, 15) is 9.46 Å². The van der Waals surface area contributed by atoms with Crippen LogP contribution in [0.2, 0.25) is 0 Å². The van der Waals surface area contributed by atoms with Crippen molar-refractivity contribution in [3.05, 3.63) is 0 Å². The van der Waals surface area contributed by atoms with Gasteiger partial charge in [0.15, 0.2) is 0 Å². The van der Waals surface area contributed by atoms with E-state index in [1.165, 1.54) is 0 Å². The molecule has 0 aromatic heterocycles. The number of hydrogen-bond acceptors (Lipinski definition) is 4. The van der Waals surface area contributed by atoms with Gasteiger partial charge in [-0.3, -0.25) is 0 Å². The summed E-state index contributed by atoms with van der Waals surface area (Å²) < 4.78 is 11.1. The van der Waals surface area contributed by atoms with Gasteiger partial charge in [0, 0.05) is 0 Å². The van der Waals surface area contributed by atoms with Crippen molar-refractivity contribution >= 4 is 28.5 Å². The van der Waals surface area contributed by atoms with Gasteiger partial charge in [-0.1, -0.05) is 13.8 Å². The highest BCUT2D eigenvalue weighted by Crippen LogP contribution is 2.61. The van der Waals surface area contributed by atoms with Crippen LogP contribution in [0.3, 0.4) is 0 Å². The van der Waals surface area contributed by atoms with E-state index in [4.69, 9.17) is 0 Å². The van der Waals surface area contributed by atoms with Gasteiger partial charge >= 0.3 is 0 Å². The van der Waals surface area contributed by atoms with E-state index in [1.54, 1.807) is 0 Å². The highest BCUT2D eigenvalue weighted by Gasteiger charge is 2.06. The Balaban J connectivity index is 3.53. The van der Waals surface area contributed by atoms with Crippen molar-refractivity contribution in [1.29, 1.82) is 0 Å². The molecule has 0 amide bonds. The second kappa shape index (κ2) is 6.41. The molecule has 0 saturated carbocycles. The molecule has 5 heteroatoms. The van der Waals surface area contributed by atoms with Crippen molar-refractivity contribution in [1.82, 2.24) is 0 Å². The number of hydrogen-bond donors (Lipinski definition) is 0. The van der Waals surface area contributed by atoms with Crippen molar-refractivity contribution in [3.8, 4) is 0 Å². The van der Waals surface area contributed by atoms with E-state index >= 15 is 0 Å². The van der Waals surface area contributed by atoms with Crippen LogP contribution in [-0.2, 0) is 4.57 Å². The predicted octanol–water partition coefficient (Wildman–Crippen LogP) is 2.74. The highest BCUT2D eigenvalue weighted by molar-refractivity contribution is 8.88. The van der Waals surface area contributed by atoms with Gasteiger partial charge < -0.3 is 9.46 Å². The topological polar surface area (TPSA) is 40.1 Å². The van der Waals surface area contributed by atoms with Crippen LogP contribution in [0, 0.1) is 0 Å². The molecule has 11 heavy (non-hydrogen) atoms. The first kappa shape index (κ1) is 11.9. The van der Waals surface area contributed by atoms with Crippen molar-refractivity contribution < 1.29 is 9.46 Å². The van der Waals surface area contributed by atoms with Gasteiger partial charge in [-0.15, -0.1) is 22.8 Å². The van der Waals surface area contributed by atoms with Crippen molar-refractivity contribution in [3.63, 3.8) is 0 Å². The molecular weight excluding hydrogens is 199 g/mol. The minimum Gasteiger partial charge on any atom is -0.784 e. The molecule has 0 aromatic rings. The van der Waals surface area contributed by atoms with Crippen LogP contribution in [0.25, 0.3) is 0 Å². The minimum absolute atomic E-state index is 0.720. The van der Waals surface area contributed by atoms with Crippen LogP contribution < -0.4 is 4.89 Å². The molecule has 68 valence electrons. The predicted molar refractivity (Wildman–Crippen MR) is 53.1 cm³/mol. The molecule has 0 heterocycles. The van der Waals surface area contributed by atoms with E-state index in [0.717, 1.165) is 47.1 Å². The first-order valence-electron chi connectivity index (χ1n) is 3.72. The molecule has 0 saturated heterocycles. The third kappa shape index (κ3) is 7.26. The van der Waals surface area contributed by atoms with Gasteiger partial charge in [-0.05, 0) is 24.3 Å². The summed E-state index contributed by atoms with van der Waals surface area (Å²) in [5, 5.41) is 0. The Labute approximate surface area is 76.5 Å². The van der Waals surface area contributed by atoms with Gasteiger partial charge in [0.05, 0.1) is 0 Å². The molecule has 0 N–H and O–H groups in total. The highest BCUT2D eigenvalue weighted by atomic mass is 33.1. The third-order valence-corrected chi connectivity index (χ3v) is 7.61. The molecule has 0 rings (SSSR count). The van der Waals surface area contributed by atoms with E-state index in [-0.39, 0.29) is 0 Å². The zero-order chi connectivity index (χ0) is 8.74. The molecule has 2 nitrogen and oxygen atoms in total. The molecule has 0 spiro atoms. The number of rotatable bonds is 6. The van der Waals surface area contributed by atoms with Crippen LogP contribution in [0.5, 0.6) is 0 Å². The fraction of sp³-hybridized carbons (Fsp3) is 1.00. The van der Waals surface area contributed by atoms with Gasteiger partial charge in [-0.2, -0.15) is 0 Å². The minimum atomic E-state index is -3.14. The average Bonchev–Trinajstić information content (AvgIpc) is 1.97. The van der Waals surface area contributed by atoms with Crippen LogP contribution >= 0.6 is 28.5 Å². The summed E-state index contributed by atoms with van der Waals surface area (Å²) >= 11 is 2.16. The van der Waals surface area contributed by atoms with Crippen LogP contribution in [0.4, 0.5) is 0 Å². The quantitative estimate of drug-likeness (QED) is 0.636. The van der Waals surface area contributed by atoms with Gasteiger partial charge in [0.2, 0.25) is 0 Å². The molecule has 0 bridgehead atoms. The summed E-state index contributed by atoms with van der Waals surface area (Å²) in [5.74, 6) is -1.70. The van der Waals surface area contributed by atoms with Crippen LogP contribution in [0.1, 0.15) is 26.7 Å². The second-order valence-electron chi connectivity index (χ2n) is 2.11. The maximum atomic E-state index is 11.1. The van der Waals surface area contributed by atoms with Crippen molar-refractivity contribution in [2.45, 2.75) is 26.7 Å².